The number of rotatable bonds is 2. The number of nitrogen functional groups attached to an aromatic ring is 1. The van der Waals surface area contributed by atoms with Crippen LogP contribution in [0.4, 0.5) is 30.6 Å². The molecule has 1 aliphatic heterocycles. The van der Waals surface area contributed by atoms with E-state index in [2.05, 4.69) is 9.97 Å². The van der Waals surface area contributed by atoms with Crippen LogP contribution in [0.5, 0.6) is 0 Å². The molecular weight excluding hydrogens is 381 g/mol. The van der Waals surface area contributed by atoms with E-state index < -0.39 is 20.2 Å². The van der Waals surface area contributed by atoms with Crippen LogP contribution in [-0.2, 0) is 9.84 Å². The lowest BCUT2D eigenvalue weighted by Gasteiger charge is -2.51. The summed E-state index contributed by atoms with van der Waals surface area (Å²) in [4.78, 5) is 9.28. The van der Waals surface area contributed by atoms with E-state index in [9.17, 15) is 21.6 Å². The quantitative estimate of drug-likeness (QED) is 0.834. The zero-order chi connectivity index (χ0) is 19.6. The summed E-state index contributed by atoms with van der Waals surface area (Å²) in [7, 11) is -5.39. The average Bonchev–Trinajstić information content (AvgIpc) is 2.53. The van der Waals surface area contributed by atoms with Gasteiger partial charge in [-0.3, -0.25) is 0 Å². The molecule has 0 saturated heterocycles. The zero-order valence-corrected chi connectivity index (χ0v) is 15.1. The van der Waals surface area contributed by atoms with Gasteiger partial charge in [-0.2, -0.15) is 18.2 Å². The second kappa shape index (κ2) is 5.82. The van der Waals surface area contributed by atoms with Crippen molar-refractivity contribution in [3.8, 4) is 0 Å². The van der Waals surface area contributed by atoms with Crippen molar-refractivity contribution in [1.29, 1.82) is 0 Å². The van der Waals surface area contributed by atoms with Crippen molar-refractivity contribution in [2.75, 3.05) is 10.6 Å². The van der Waals surface area contributed by atoms with Crippen molar-refractivity contribution in [2.45, 2.75) is 42.1 Å². The molecule has 0 radical (unpaired) electrons. The summed E-state index contributed by atoms with van der Waals surface area (Å²) in [5.74, 6) is 0.868. The second-order valence-corrected chi connectivity index (χ2v) is 8.84. The number of alkyl halides is 3. The minimum atomic E-state index is -5.39. The first-order valence-corrected chi connectivity index (χ1v) is 9.92. The van der Waals surface area contributed by atoms with Crippen LogP contribution < -0.4 is 10.6 Å². The van der Waals surface area contributed by atoms with Crippen molar-refractivity contribution in [1.82, 2.24) is 9.97 Å². The molecule has 3 atom stereocenters. The van der Waals surface area contributed by atoms with E-state index in [1.165, 1.54) is 18.3 Å². The molecule has 2 N–H and O–H groups in total. The Kier molecular flexibility index (Phi) is 3.88. The molecule has 1 saturated carbocycles. The van der Waals surface area contributed by atoms with E-state index in [-0.39, 0.29) is 23.8 Å². The highest BCUT2D eigenvalue weighted by atomic mass is 32.2. The molecular formula is C17H17F3N4O2S. The van der Waals surface area contributed by atoms with E-state index in [1.54, 1.807) is 6.07 Å². The minimum Gasteiger partial charge on any atom is -0.368 e. The van der Waals surface area contributed by atoms with Gasteiger partial charge >= 0.3 is 5.51 Å². The predicted octanol–water partition coefficient (Wildman–Crippen LogP) is 3.39. The summed E-state index contributed by atoms with van der Waals surface area (Å²) < 4.78 is 62.5. The smallest absolute Gasteiger partial charge is 0.368 e. The minimum absolute atomic E-state index is 0.0359. The molecule has 2 aromatic rings. The first-order valence-electron chi connectivity index (χ1n) is 8.44. The van der Waals surface area contributed by atoms with E-state index in [4.69, 9.17) is 5.73 Å². The Morgan fingerprint density at radius 1 is 1.22 bits per heavy atom. The Balaban J connectivity index is 1.87. The fourth-order valence-corrected chi connectivity index (χ4v) is 4.88. The SMILES string of the molecule is CC1C2CCC2c2cc(S(=O)(=O)C(F)(F)F)ccc2N1c1ccnc(N)n1. The average molecular weight is 398 g/mol. The van der Waals surface area contributed by atoms with Gasteiger partial charge in [0.05, 0.1) is 4.90 Å². The van der Waals surface area contributed by atoms with Crippen molar-refractivity contribution in [2.24, 2.45) is 5.92 Å². The molecule has 2 heterocycles. The van der Waals surface area contributed by atoms with Crippen LogP contribution in [0.1, 0.15) is 31.2 Å². The van der Waals surface area contributed by atoms with Gasteiger partial charge in [-0.05, 0) is 61.4 Å². The van der Waals surface area contributed by atoms with Gasteiger partial charge in [0.25, 0.3) is 9.84 Å². The maximum absolute atomic E-state index is 13.0. The van der Waals surface area contributed by atoms with Crippen LogP contribution in [0.25, 0.3) is 0 Å². The molecule has 1 aromatic heterocycles. The van der Waals surface area contributed by atoms with Crippen LogP contribution in [0.15, 0.2) is 35.4 Å². The van der Waals surface area contributed by atoms with Crippen LogP contribution in [0.3, 0.4) is 0 Å². The molecule has 6 nitrogen and oxygen atoms in total. The monoisotopic (exact) mass is 398 g/mol. The molecule has 144 valence electrons. The Hall–Kier alpha value is -2.36. The van der Waals surface area contributed by atoms with Gasteiger partial charge in [-0.15, -0.1) is 0 Å². The van der Waals surface area contributed by atoms with Gasteiger partial charge in [0.2, 0.25) is 5.95 Å². The fourth-order valence-electron chi connectivity index (χ4n) is 4.08. The number of sulfone groups is 1. The Bertz CT molecular complexity index is 1010. The number of benzene rings is 1. The lowest BCUT2D eigenvalue weighted by molar-refractivity contribution is -0.0436. The Morgan fingerprint density at radius 3 is 2.56 bits per heavy atom. The zero-order valence-electron chi connectivity index (χ0n) is 14.3. The molecule has 0 spiro atoms. The lowest BCUT2D eigenvalue weighted by Crippen LogP contribution is -2.47. The van der Waals surface area contributed by atoms with Gasteiger partial charge in [0.1, 0.15) is 5.82 Å². The number of hydrogen-bond acceptors (Lipinski definition) is 6. The number of anilines is 3. The van der Waals surface area contributed by atoms with Crippen LogP contribution in [0.2, 0.25) is 0 Å². The van der Waals surface area contributed by atoms with Crippen molar-refractivity contribution >= 4 is 27.3 Å². The standard InChI is InChI=1S/C17H17F3N4O2S/c1-9-11-3-4-12(11)13-8-10(27(25,26)17(18,19)20)2-5-14(13)24(9)15-6-7-22-16(21)23-15/h2,5-9,11-12H,3-4H2,1H3,(H2,21,22,23). The lowest BCUT2D eigenvalue weighted by atomic mass is 9.64. The molecule has 0 amide bonds. The fraction of sp³-hybridized carbons (Fsp3) is 0.412. The summed E-state index contributed by atoms with van der Waals surface area (Å²) in [6, 6.07) is 5.33. The maximum atomic E-state index is 13.0. The third kappa shape index (κ3) is 2.65. The van der Waals surface area contributed by atoms with Crippen molar-refractivity contribution in [3.63, 3.8) is 0 Å². The first kappa shape index (κ1) is 18.0. The number of aromatic nitrogens is 2. The number of fused-ring (bicyclic) bond motifs is 3. The summed E-state index contributed by atoms with van der Waals surface area (Å²) in [6.07, 6.45) is 3.25. The highest BCUT2D eigenvalue weighted by Gasteiger charge is 2.49. The van der Waals surface area contributed by atoms with Gasteiger partial charge in [-0.25, -0.2) is 13.4 Å². The number of nitrogens with zero attached hydrogens (tertiary/aromatic N) is 3. The third-order valence-corrected chi connectivity index (χ3v) is 7.02. The molecule has 1 fully saturated rings. The molecule has 1 aliphatic carbocycles. The highest BCUT2D eigenvalue weighted by molar-refractivity contribution is 7.92. The largest absolute Gasteiger partial charge is 0.501 e. The normalized spacial score (nSPS) is 24.7. The van der Waals surface area contributed by atoms with Crippen molar-refractivity contribution in [3.05, 3.63) is 36.0 Å². The summed E-state index contributed by atoms with van der Waals surface area (Å²) in [5.41, 5.74) is 1.61. The van der Waals surface area contributed by atoms with Gasteiger partial charge in [0.15, 0.2) is 0 Å². The van der Waals surface area contributed by atoms with Crippen LogP contribution >= 0.6 is 0 Å². The molecule has 0 bridgehead atoms. The number of nitrogens with two attached hydrogens (primary N) is 1. The Labute approximate surface area is 154 Å². The first-order chi connectivity index (χ1) is 12.6. The van der Waals surface area contributed by atoms with Gasteiger partial charge in [0, 0.05) is 17.9 Å². The summed E-state index contributed by atoms with van der Waals surface area (Å²) in [6.45, 7) is 2.03. The van der Waals surface area contributed by atoms with Gasteiger partial charge < -0.3 is 10.6 Å². The summed E-state index contributed by atoms with van der Waals surface area (Å²) in [5, 5.41) is 0. The van der Waals surface area contributed by atoms with E-state index in [0.717, 1.165) is 18.9 Å². The molecule has 27 heavy (non-hydrogen) atoms. The molecule has 3 unspecified atom stereocenters. The van der Waals surface area contributed by atoms with Crippen molar-refractivity contribution < 1.29 is 21.6 Å². The highest BCUT2D eigenvalue weighted by Crippen LogP contribution is 2.55. The topological polar surface area (TPSA) is 89.2 Å². The van der Waals surface area contributed by atoms with Crippen LogP contribution in [-0.4, -0.2) is 29.9 Å². The number of halogens is 3. The Morgan fingerprint density at radius 2 is 1.96 bits per heavy atom. The second-order valence-electron chi connectivity index (χ2n) is 6.90. The van der Waals surface area contributed by atoms with E-state index in [1.807, 2.05) is 11.8 Å². The molecule has 2 aliphatic rings. The van der Waals surface area contributed by atoms with Gasteiger partial charge in [-0.1, -0.05) is 0 Å². The predicted molar refractivity (Wildman–Crippen MR) is 93.2 cm³/mol. The van der Waals surface area contributed by atoms with Crippen LogP contribution in [0, 0.1) is 5.92 Å². The number of hydrogen-bond donors (Lipinski definition) is 1. The maximum Gasteiger partial charge on any atom is 0.501 e. The molecule has 1 aromatic carbocycles. The van der Waals surface area contributed by atoms with E-state index >= 15 is 0 Å². The van der Waals surface area contributed by atoms with E-state index in [0.29, 0.717) is 17.1 Å². The molecule has 4 rings (SSSR count). The third-order valence-electron chi connectivity index (χ3n) is 5.53. The molecule has 10 heteroatoms. The summed E-state index contributed by atoms with van der Waals surface area (Å²) >= 11 is 0.